The molecule has 2 atom stereocenters. The van der Waals surface area contributed by atoms with Gasteiger partial charge in [0.05, 0.1) is 12.7 Å². The lowest BCUT2D eigenvalue weighted by molar-refractivity contribution is -0.145. The van der Waals surface area contributed by atoms with Crippen LogP contribution in [-0.2, 0) is 9.53 Å². The van der Waals surface area contributed by atoms with Gasteiger partial charge < -0.3 is 14.4 Å². The van der Waals surface area contributed by atoms with Crippen LogP contribution in [0, 0.1) is 0 Å². The van der Waals surface area contributed by atoms with Crippen molar-refractivity contribution in [3.05, 3.63) is 65.7 Å². The number of piperidine rings is 1. The van der Waals surface area contributed by atoms with Gasteiger partial charge in [-0.05, 0) is 37.6 Å². The average Bonchev–Trinajstić information content (AvgIpc) is 2.93. The second kappa shape index (κ2) is 8.19. The highest BCUT2D eigenvalue weighted by molar-refractivity contribution is 6.22. The van der Waals surface area contributed by atoms with Gasteiger partial charge in [0.15, 0.2) is 0 Å². The first kappa shape index (κ1) is 18.8. The average molecular weight is 377 g/mol. The van der Waals surface area contributed by atoms with Gasteiger partial charge in [-0.25, -0.2) is 4.79 Å². The van der Waals surface area contributed by atoms with Gasteiger partial charge in [0, 0.05) is 30.5 Å². The molecule has 0 amide bonds. The van der Waals surface area contributed by atoms with Crippen molar-refractivity contribution in [1.82, 2.24) is 4.90 Å². The van der Waals surface area contributed by atoms with E-state index in [0.29, 0.717) is 23.4 Å². The van der Waals surface area contributed by atoms with Crippen molar-refractivity contribution in [2.45, 2.75) is 43.9 Å². The molecular weight excluding hydrogens is 350 g/mol. The first-order valence-electron chi connectivity index (χ1n) is 9.98. The number of fused-ring (bicyclic) bond motifs is 2. The van der Waals surface area contributed by atoms with E-state index in [0.717, 1.165) is 24.0 Å². The van der Waals surface area contributed by atoms with Crippen LogP contribution < -0.4 is 4.74 Å². The summed E-state index contributed by atoms with van der Waals surface area (Å²) in [5.41, 5.74) is 2.26. The fourth-order valence-electron chi connectivity index (χ4n) is 4.50. The molecule has 0 radical (unpaired) electrons. The number of carbonyl (C=O) groups excluding carboxylic acids is 1. The lowest BCUT2D eigenvalue weighted by Crippen LogP contribution is -2.43. The number of ether oxygens (including phenoxy) is 2. The Bertz CT molecular complexity index is 847. The molecule has 2 aromatic carbocycles. The fourth-order valence-corrected chi connectivity index (χ4v) is 4.50. The molecule has 0 aliphatic carbocycles. The largest absolute Gasteiger partial charge is 0.496 e. The van der Waals surface area contributed by atoms with Crippen molar-refractivity contribution < 1.29 is 14.3 Å². The number of carbonyl (C=O) groups is 1. The Kier molecular flexibility index (Phi) is 5.49. The number of benzene rings is 2. The summed E-state index contributed by atoms with van der Waals surface area (Å²) < 4.78 is 11.5. The van der Waals surface area contributed by atoms with Gasteiger partial charge in [-0.3, -0.25) is 0 Å². The van der Waals surface area contributed by atoms with Crippen LogP contribution in [0.2, 0.25) is 0 Å². The maximum atomic E-state index is 13.2. The van der Waals surface area contributed by atoms with Crippen LogP contribution in [0.1, 0.15) is 36.8 Å². The minimum absolute atomic E-state index is 0.0184. The number of rotatable bonds is 5. The number of methoxy groups -OCH3 is 1. The summed E-state index contributed by atoms with van der Waals surface area (Å²) in [4.78, 5) is 15.7. The molecule has 146 valence electrons. The molecule has 2 heterocycles. The van der Waals surface area contributed by atoms with Crippen molar-refractivity contribution in [2.24, 2.45) is 0 Å². The molecule has 2 unspecified atom stereocenters. The first-order chi connectivity index (χ1) is 13.7. The zero-order valence-corrected chi connectivity index (χ0v) is 16.5. The highest BCUT2D eigenvalue weighted by Crippen LogP contribution is 2.36. The van der Waals surface area contributed by atoms with Crippen LogP contribution in [0.3, 0.4) is 0 Å². The van der Waals surface area contributed by atoms with E-state index in [1.165, 1.54) is 12.8 Å². The van der Waals surface area contributed by atoms with Crippen molar-refractivity contribution in [2.75, 3.05) is 14.2 Å². The van der Waals surface area contributed by atoms with Crippen LogP contribution in [0.5, 0.6) is 5.75 Å². The molecular formula is C24H27NO3. The molecule has 4 heteroatoms. The van der Waals surface area contributed by atoms with E-state index in [1.54, 1.807) is 7.11 Å². The van der Waals surface area contributed by atoms with Crippen LogP contribution in [0.15, 0.2) is 54.6 Å². The van der Waals surface area contributed by atoms with Crippen LogP contribution >= 0.6 is 0 Å². The topological polar surface area (TPSA) is 38.8 Å². The minimum atomic E-state index is -0.276. The fraction of sp³-hybridized carbons (Fsp3) is 0.375. The Morgan fingerprint density at radius 3 is 2.32 bits per heavy atom. The number of nitrogens with zero attached hydrogens (tertiary/aromatic N) is 1. The van der Waals surface area contributed by atoms with E-state index < -0.39 is 0 Å². The third kappa shape index (κ3) is 3.83. The Balaban J connectivity index is 1.62. The highest BCUT2D eigenvalue weighted by Gasteiger charge is 2.40. The molecule has 0 saturated carbocycles. The molecule has 28 heavy (non-hydrogen) atoms. The molecule has 4 rings (SSSR count). The van der Waals surface area contributed by atoms with E-state index in [2.05, 4.69) is 11.9 Å². The normalized spacial score (nSPS) is 24.8. The number of esters is 1. The van der Waals surface area contributed by atoms with Crippen molar-refractivity contribution >= 4 is 17.6 Å². The van der Waals surface area contributed by atoms with Crippen LogP contribution in [-0.4, -0.2) is 43.2 Å². The van der Waals surface area contributed by atoms with Crippen LogP contribution in [0.4, 0.5) is 0 Å². The second-order valence-electron chi connectivity index (χ2n) is 7.72. The second-order valence-corrected chi connectivity index (χ2v) is 7.72. The standard InChI is InChI=1S/C24H27NO3/c1-25-18-12-13-19(25)16-20(15-18)28-24(26)22(14-17-8-4-3-5-9-17)21-10-6-7-11-23(21)27-2/h3-11,14,18-20H,12-13,15-16H2,1-2H3/b22-14+. The summed E-state index contributed by atoms with van der Waals surface area (Å²) in [5, 5.41) is 0. The van der Waals surface area contributed by atoms with Gasteiger partial charge in [0.1, 0.15) is 11.9 Å². The molecule has 2 saturated heterocycles. The first-order valence-corrected chi connectivity index (χ1v) is 9.98. The van der Waals surface area contributed by atoms with Crippen molar-refractivity contribution in [3.8, 4) is 5.75 Å². The Morgan fingerprint density at radius 2 is 1.64 bits per heavy atom. The monoisotopic (exact) mass is 377 g/mol. The summed E-state index contributed by atoms with van der Waals surface area (Å²) in [5.74, 6) is 0.396. The number of hydrogen-bond donors (Lipinski definition) is 0. The zero-order chi connectivity index (χ0) is 19.5. The molecule has 4 nitrogen and oxygen atoms in total. The van der Waals surface area contributed by atoms with E-state index in [9.17, 15) is 4.79 Å². The SMILES string of the molecule is COc1ccccc1/C(=C\c1ccccc1)C(=O)OC1CC2CCC(C1)N2C. The summed E-state index contributed by atoms with van der Waals surface area (Å²) in [6.07, 6.45) is 6.12. The van der Waals surface area contributed by atoms with E-state index in [4.69, 9.17) is 9.47 Å². The summed E-state index contributed by atoms with van der Waals surface area (Å²) in [7, 11) is 3.81. The lowest BCUT2D eigenvalue weighted by Gasteiger charge is -2.35. The third-order valence-electron chi connectivity index (χ3n) is 6.06. The summed E-state index contributed by atoms with van der Waals surface area (Å²) in [6.45, 7) is 0. The summed E-state index contributed by atoms with van der Waals surface area (Å²) in [6, 6.07) is 18.5. The van der Waals surface area contributed by atoms with Gasteiger partial charge >= 0.3 is 5.97 Å². The van der Waals surface area contributed by atoms with E-state index >= 15 is 0 Å². The van der Waals surface area contributed by atoms with Crippen molar-refractivity contribution in [3.63, 3.8) is 0 Å². The Hall–Kier alpha value is -2.59. The maximum Gasteiger partial charge on any atom is 0.339 e. The van der Waals surface area contributed by atoms with Crippen LogP contribution in [0.25, 0.3) is 11.6 Å². The molecule has 0 aromatic heterocycles. The van der Waals surface area contributed by atoms with E-state index in [-0.39, 0.29) is 12.1 Å². The predicted molar refractivity (Wildman–Crippen MR) is 111 cm³/mol. The van der Waals surface area contributed by atoms with E-state index in [1.807, 2.05) is 60.7 Å². The van der Waals surface area contributed by atoms with Gasteiger partial charge in [-0.2, -0.15) is 0 Å². The van der Waals surface area contributed by atoms with Gasteiger partial charge in [-0.1, -0.05) is 48.5 Å². The number of hydrogen-bond acceptors (Lipinski definition) is 4. The summed E-state index contributed by atoms with van der Waals surface area (Å²) >= 11 is 0. The molecule has 2 aliphatic heterocycles. The quantitative estimate of drug-likeness (QED) is 0.440. The minimum Gasteiger partial charge on any atom is -0.496 e. The molecule has 0 N–H and O–H groups in total. The smallest absolute Gasteiger partial charge is 0.339 e. The van der Waals surface area contributed by atoms with Crippen molar-refractivity contribution in [1.29, 1.82) is 0 Å². The Labute approximate surface area is 166 Å². The highest BCUT2D eigenvalue weighted by atomic mass is 16.5. The molecule has 0 spiro atoms. The van der Waals surface area contributed by atoms with Gasteiger partial charge in [0.25, 0.3) is 0 Å². The lowest BCUT2D eigenvalue weighted by atomic mass is 9.99. The van der Waals surface area contributed by atoms with Gasteiger partial charge in [0.2, 0.25) is 0 Å². The third-order valence-corrected chi connectivity index (χ3v) is 6.06. The molecule has 2 bridgehead atoms. The maximum absolute atomic E-state index is 13.2. The molecule has 2 aromatic rings. The molecule has 2 aliphatic rings. The Morgan fingerprint density at radius 1 is 1.00 bits per heavy atom. The van der Waals surface area contributed by atoms with Gasteiger partial charge in [-0.15, -0.1) is 0 Å². The number of para-hydroxylation sites is 1. The predicted octanol–water partition coefficient (Wildman–Crippen LogP) is 4.40. The zero-order valence-electron chi connectivity index (χ0n) is 16.5. The molecule has 2 fully saturated rings.